The highest BCUT2D eigenvalue weighted by Gasteiger charge is 1.36. The summed E-state index contributed by atoms with van der Waals surface area (Å²) in [4.78, 5) is 0. The summed E-state index contributed by atoms with van der Waals surface area (Å²) in [5, 5.41) is 0. The van der Waals surface area contributed by atoms with E-state index in [0.29, 0.717) is 0 Å². The van der Waals surface area contributed by atoms with Gasteiger partial charge >= 0.3 is 0 Å². The second-order valence-electron chi connectivity index (χ2n) is 0.707. The SMILES string of the molecule is CC[SiH3].F. The van der Waals surface area contributed by atoms with Crippen molar-refractivity contribution in [2.45, 2.75) is 13.0 Å². The lowest BCUT2D eigenvalue weighted by Gasteiger charge is -1.47. The molecular weight excluding hydrogens is 71.1 g/mol. The lowest BCUT2D eigenvalue weighted by atomic mass is 11.0. The van der Waals surface area contributed by atoms with Crippen molar-refractivity contribution in [3.05, 3.63) is 0 Å². The molecule has 0 fully saturated rings. The normalized spacial score (nSPS) is 5.25. The van der Waals surface area contributed by atoms with Gasteiger partial charge in [0.25, 0.3) is 0 Å². The van der Waals surface area contributed by atoms with E-state index in [4.69, 9.17) is 0 Å². The van der Waals surface area contributed by atoms with E-state index >= 15 is 0 Å². The van der Waals surface area contributed by atoms with Gasteiger partial charge in [-0.25, -0.2) is 0 Å². The van der Waals surface area contributed by atoms with Gasteiger partial charge in [-0.05, 0) is 0 Å². The Bertz CT molecular complexity index is 6.00. The first-order valence-corrected chi connectivity index (χ1v) is 2.83. The van der Waals surface area contributed by atoms with Crippen LogP contribution in [0, 0.1) is 0 Å². The largest absolute Gasteiger partial charge is 0.269 e. The monoisotopic (exact) mass is 80.0 g/mol. The maximum absolute atomic E-state index is 2.19. The molecule has 0 heterocycles. The zero-order chi connectivity index (χ0) is 2.71. The van der Waals surface area contributed by atoms with Crippen molar-refractivity contribution in [3.8, 4) is 0 Å². The molecule has 0 radical (unpaired) electrons. The van der Waals surface area contributed by atoms with Crippen LogP contribution < -0.4 is 0 Å². The van der Waals surface area contributed by atoms with Gasteiger partial charge in [-0.2, -0.15) is 0 Å². The Morgan fingerprint density at radius 2 is 1.75 bits per heavy atom. The fourth-order valence-electron chi connectivity index (χ4n) is 0. The van der Waals surface area contributed by atoms with Gasteiger partial charge in [0.1, 0.15) is 0 Å². The van der Waals surface area contributed by atoms with E-state index in [1.54, 1.807) is 0 Å². The van der Waals surface area contributed by atoms with Crippen LogP contribution in [0.25, 0.3) is 0 Å². The number of halogens is 1. The van der Waals surface area contributed by atoms with E-state index in [1.807, 2.05) is 0 Å². The van der Waals surface area contributed by atoms with Gasteiger partial charge < -0.3 is 0 Å². The average Bonchev–Trinajstić information content (AvgIpc) is 0.918. The van der Waals surface area contributed by atoms with Gasteiger partial charge in [0.15, 0.2) is 0 Å². The van der Waals surface area contributed by atoms with E-state index in [2.05, 4.69) is 6.92 Å². The molecule has 0 aromatic carbocycles. The number of hydrogen-bond donors (Lipinski definition) is 0. The van der Waals surface area contributed by atoms with Crippen molar-refractivity contribution in [2.75, 3.05) is 0 Å². The molecule has 4 heavy (non-hydrogen) atoms. The predicted molar refractivity (Wildman–Crippen MR) is 22.9 cm³/mol. The summed E-state index contributed by atoms with van der Waals surface area (Å²) < 4.78 is 0. The average molecular weight is 80.2 g/mol. The van der Waals surface area contributed by atoms with Crippen molar-refractivity contribution in [2.24, 2.45) is 0 Å². The summed E-state index contributed by atoms with van der Waals surface area (Å²) in [6.45, 7) is 2.19. The fourth-order valence-corrected chi connectivity index (χ4v) is 0. The maximum Gasteiger partial charge on any atom is 0.00244 e. The summed E-state index contributed by atoms with van der Waals surface area (Å²) >= 11 is 0. The van der Waals surface area contributed by atoms with Crippen LogP contribution in [-0.4, -0.2) is 10.2 Å². The third-order valence-corrected chi connectivity index (χ3v) is 0. The zero-order valence-corrected chi connectivity index (χ0v) is 5.12. The van der Waals surface area contributed by atoms with Crippen molar-refractivity contribution in [1.29, 1.82) is 0 Å². The quantitative estimate of drug-likeness (QED) is 0.358. The van der Waals surface area contributed by atoms with E-state index in [0.717, 1.165) is 0 Å². The Kier molecular flexibility index (Phi) is 24.6. The Balaban J connectivity index is 0. The van der Waals surface area contributed by atoms with Gasteiger partial charge in [0.2, 0.25) is 0 Å². The molecule has 0 aliphatic heterocycles. The summed E-state index contributed by atoms with van der Waals surface area (Å²) in [5.74, 6) is 0. The topological polar surface area (TPSA) is 0 Å². The minimum atomic E-state index is 0. The standard InChI is InChI=1S/C2H8Si.FH/c1-2-3;/h2H2,1,3H3;1H. The lowest BCUT2D eigenvalue weighted by molar-refractivity contribution is 1.11. The summed E-state index contributed by atoms with van der Waals surface area (Å²) in [6, 6.07) is 1.39. The molecule has 0 spiro atoms. The van der Waals surface area contributed by atoms with Crippen molar-refractivity contribution in [1.82, 2.24) is 0 Å². The third kappa shape index (κ3) is 131. The lowest BCUT2D eigenvalue weighted by Crippen LogP contribution is -1.41. The first-order chi connectivity index (χ1) is 1.41. The second kappa shape index (κ2) is 11.0. The molecule has 0 nitrogen and oxygen atoms in total. The van der Waals surface area contributed by atoms with Crippen LogP contribution in [0.5, 0.6) is 0 Å². The summed E-state index contributed by atoms with van der Waals surface area (Å²) in [7, 11) is 1.37. The van der Waals surface area contributed by atoms with Gasteiger partial charge in [-0.15, -0.1) is 0 Å². The first-order valence-electron chi connectivity index (χ1n) is 1.41. The molecule has 0 unspecified atom stereocenters. The molecule has 0 saturated carbocycles. The highest BCUT2D eigenvalue weighted by Crippen LogP contribution is 1.49. The Morgan fingerprint density at radius 3 is 1.75 bits per heavy atom. The Hall–Kier alpha value is 0.147. The van der Waals surface area contributed by atoms with Crippen LogP contribution in [0.2, 0.25) is 6.04 Å². The Morgan fingerprint density at radius 1 is 1.75 bits per heavy atom. The van der Waals surface area contributed by atoms with E-state index < -0.39 is 0 Å². The molecular formula is C2H9FSi. The molecule has 0 aliphatic rings. The van der Waals surface area contributed by atoms with Crippen LogP contribution in [0.3, 0.4) is 0 Å². The molecule has 0 aromatic heterocycles. The number of rotatable bonds is 0. The predicted octanol–water partition coefficient (Wildman–Crippen LogP) is -0.0575. The highest BCUT2D eigenvalue weighted by molar-refractivity contribution is 6.08. The van der Waals surface area contributed by atoms with Gasteiger partial charge in [-0.3, -0.25) is 4.70 Å². The van der Waals surface area contributed by atoms with E-state index in [1.165, 1.54) is 16.3 Å². The van der Waals surface area contributed by atoms with Crippen molar-refractivity contribution in [3.63, 3.8) is 0 Å². The molecule has 2 heteroatoms. The molecule has 0 N–H and O–H groups in total. The molecule has 0 aliphatic carbocycles. The molecule has 0 atom stereocenters. The minimum Gasteiger partial charge on any atom is -0.269 e. The summed E-state index contributed by atoms with van der Waals surface area (Å²) in [6.07, 6.45) is 0. The van der Waals surface area contributed by atoms with Crippen molar-refractivity contribution < 1.29 is 4.70 Å². The van der Waals surface area contributed by atoms with Crippen LogP contribution in [-0.2, 0) is 0 Å². The van der Waals surface area contributed by atoms with Gasteiger partial charge in [-0.1, -0.05) is 13.0 Å². The molecule has 0 aromatic rings. The second-order valence-corrected chi connectivity index (χ2v) is 2.12. The molecule has 0 rings (SSSR count). The van der Waals surface area contributed by atoms with Crippen LogP contribution in [0.1, 0.15) is 6.92 Å². The van der Waals surface area contributed by atoms with E-state index in [9.17, 15) is 0 Å². The minimum absolute atomic E-state index is 0. The Labute approximate surface area is 29.0 Å². The van der Waals surface area contributed by atoms with Crippen LogP contribution >= 0.6 is 0 Å². The molecule has 28 valence electrons. The number of hydrogen-bond acceptors (Lipinski definition) is 0. The zero-order valence-electron chi connectivity index (χ0n) is 3.12. The van der Waals surface area contributed by atoms with Gasteiger partial charge in [0, 0.05) is 10.2 Å². The first kappa shape index (κ1) is 8.91. The van der Waals surface area contributed by atoms with Crippen LogP contribution in [0.4, 0.5) is 4.70 Å². The molecule has 0 saturated heterocycles. The van der Waals surface area contributed by atoms with E-state index in [-0.39, 0.29) is 4.70 Å². The van der Waals surface area contributed by atoms with Crippen molar-refractivity contribution >= 4 is 10.2 Å². The smallest absolute Gasteiger partial charge is 0.00244 e. The fraction of sp³-hybridized carbons (Fsp3) is 1.00. The molecule has 0 amide bonds. The van der Waals surface area contributed by atoms with Gasteiger partial charge in [0.05, 0.1) is 0 Å². The maximum atomic E-state index is 2.19. The van der Waals surface area contributed by atoms with Crippen LogP contribution in [0.15, 0.2) is 0 Å². The molecule has 0 bridgehead atoms. The highest BCUT2D eigenvalue weighted by atomic mass is 28.1. The third-order valence-electron chi connectivity index (χ3n) is 0. The summed E-state index contributed by atoms with van der Waals surface area (Å²) in [5.41, 5.74) is 0.